The fourth-order valence-corrected chi connectivity index (χ4v) is 3.61. The van der Waals surface area contributed by atoms with Crippen molar-refractivity contribution in [3.63, 3.8) is 0 Å². The Balaban J connectivity index is 1.85. The molecule has 0 saturated carbocycles. The van der Waals surface area contributed by atoms with Gasteiger partial charge in [0.25, 0.3) is 11.7 Å². The van der Waals surface area contributed by atoms with E-state index in [1.807, 2.05) is 0 Å². The number of aromatic nitrogens is 1. The summed E-state index contributed by atoms with van der Waals surface area (Å²) in [4.78, 5) is 31.5. The number of nitrogens with zero attached hydrogens (tertiary/aromatic N) is 2. The molecule has 1 saturated heterocycles. The third kappa shape index (κ3) is 3.90. The number of hydrogen-bond acceptors (Lipinski definition) is 5. The average molecular weight is 418 g/mol. The average Bonchev–Trinajstić information content (AvgIpc) is 3.05. The molecule has 1 amide bonds. The van der Waals surface area contributed by atoms with Crippen LogP contribution in [0.4, 0.5) is 4.39 Å². The summed E-state index contributed by atoms with van der Waals surface area (Å²) in [6, 6.07) is 16.5. The summed E-state index contributed by atoms with van der Waals surface area (Å²) in [6.07, 6.45) is 1.60. The number of amides is 1. The third-order valence-corrected chi connectivity index (χ3v) is 5.15. The highest BCUT2D eigenvalue weighted by molar-refractivity contribution is 6.46. The van der Waals surface area contributed by atoms with Gasteiger partial charge < -0.3 is 14.7 Å². The van der Waals surface area contributed by atoms with E-state index in [-0.39, 0.29) is 23.4 Å². The second-order valence-corrected chi connectivity index (χ2v) is 7.03. The number of pyridine rings is 1. The molecule has 7 heteroatoms. The number of likely N-dealkylation sites (tertiary alicyclic amines) is 1. The van der Waals surface area contributed by atoms with Gasteiger partial charge in [-0.2, -0.15) is 0 Å². The molecule has 1 N–H and O–H groups in total. The fraction of sp³-hybridized carbons (Fsp3) is 0.125. The van der Waals surface area contributed by atoms with E-state index in [2.05, 4.69) is 4.98 Å². The largest absolute Gasteiger partial charge is 0.507 e. The number of aliphatic hydroxyl groups is 1. The molecule has 0 spiro atoms. The molecular formula is C24H19FN2O4. The molecule has 2 heterocycles. The topological polar surface area (TPSA) is 79.7 Å². The Bertz CT molecular complexity index is 1140. The highest BCUT2D eigenvalue weighted by Crippen LogP contribution is 2.40. The van der Waals surface area contributed by atoms with E-state index in [1.54, 1.807) is 48.7 Å². The van der Waals surface area contributed by atoms with E-state index in [0.29, 0.717) is 17.0 Å². The number of aliphatic hydroxyl groups excluding tert-OH is 1. The normalized spacial score (nSPS) is 17.7. The maximum absolute atomic E-state index is 13.3. The quantitative estimate of drug-likeness (QED) is 0.387. The van der Waals surface area contributed by atoms with E-state index >= 15 is 0 Å². The number of ketones is 1. The van der Waals surface area contributed by atoms with Crippen molar-refractivity contribution in [2.75, 3.05) is 7.11 Å². The summed E-state index contributed by atoms with van der Waals surface area (Å²) in [5, 5.41) is 10.9. The van der Waals surface area contributed by atoms with Gasteiger partial charge in [-0.15, -0.1) is 0 Å². The van der Waals surface area contributed by atoms with Crippen molar-refractivity contribution < 1.29 is 23.8 Å². The first kappa shape index (κ1) is 20.3. The van der Waals surface area contributed by atoms with E-state index in [9.17, 15) is 19.1 Å². The Morgan fingerprint density at radius 1 is 1.06 bits per heavy atom. The summed E-state index contributed by atoms with van der Waals surface area (Å²) in [5.74, 6) is -1.76. The van der Waals surface area contributed by atoms with E-state index in [4.69, 9.17) is 4.74 Å². The number of Topliss-reactive ketones (excluding diaryl/α,β-unsaturated/α-hetero) is 1. The summed E-state index contributed by atoms with van der Waals surface area (Å²) in [5.41, 5.74) is 1.41. The number of rotatable bonds is 5. The Morgan fingerprint density at radius 3 is 2.39 bits per heavy atom. The van der Waals surface area contributed by atoms with Gasteiger partial charge in [-0.1, -0.05) is 18.2 Å². The van der Waals surface area contributed by atoms with Gasteiger partial charge in [-0.3, -0.25) is 14.6 Å². The second-order valence-electron chi connectivity index (χ2n) is 7.03. The van der Waals surface area contributed by atoms with Gasteiger partial charge in [0.15, 0.2) is 0 Å². The van der Waals surface area contributed by atoms with Gasteiger partial charge in [0, 0.05) is 11.8 Å². The summed E-state index contributed by atoms with van der Waals surface area (Å²) >= 11 is 0. The Kier molecular flexibility index (Phi) is 5.49. The molecular weight excluding hydrogens is 399 g/mol. The van der Waals surface area contributed by atoms with Gasteiger partial charge in [0.05, 0.1) is 31.0 Å². The van der Waals surface area contributed by atoms with Crippen molar-refractivity contribution >= 4 is 17.4 Å². The minimum Gasteiger partial charge on any atom is -0.507 e. The van der Waals surface area contributed by atoms with Gasteiger partial charge >= 0.3 is 0 Å². The first-order valence-corrected chi connectivity index (χ1v) is 9.58. The van der Waals surface area contributed by atoms with Crippen LogP contribution in [0, 0.1) is 5.82 Å². The molecule has 6 nitrogen and oxygen atoms in total. The molecule has 1 unspecified atom stereocenters. The van der Waals surface area contributed by atoms with Crippen LogP contribution in [0.5, 0.6) is 5.75 Å². The highest BCUT2D eigenvalue weighted by Gasteiger charge is 2.46. The molecule has 0 aliphatic carbocycles. The molecule has 156 valence electrons. The van der Waals surface area contributed by atoms with Gasteiger partial charge in [-0.25, -0.2) is 4.39 Å². The molecule has 4 rings (SSSR count). The van der Waals surface area contributed by atoms with Crippen molar-refractivity contribution in [1.29, 1.82) is 0 Å². The van der Waals surface area contributed by atoms with Crippen LogP contribution in [-0.4, -0.2) is 33.8 Å². The monoisotopic (exact) mass is 418 g/mol. The van der Waals surface area contributed by atoms with Crippen molar-refractivity contribution in [3.05, 3.63) is 101 Å². The van der Waals surface area contributed by atoms with Crippen molar-refractivity contribution in [1.82, 2.24) is 9.88 Å². The number of carbonyl (C=O) groups is 2. The molecule has 31 heavy (non-hydrogen) atoms. The zero-order valence-corrected chi connectivity index (χ0v) is 16.7. The lowest BCUT2D eigenvalue weighted by molar-refractivity contribution is -0.140. The Hall–Kier alpha value is -4.00. The van der Waals surface area contributed by atoms with Crippen LogP contribution >= 0.6 is 0 Å². The fourth-order valence-electron chi connectivity index (χ4n) is 3.61. The lowest BCUT2D eigenvalue weighted by atomic mass is 9.95. The first-order chi connectivity index (χ1) is 15.0. The number of carbonyl (C=O) groups excluding carboxylic acids is 2. The van der Waals surface area contributed by atoms with Crippen LogP contribution in [0.15, 0.2) is 78.5 Å². The van der Waals surface area contributed by atoms with Crippen LogP contribution < -0.4 is 4.74 Å². The molecule has 1 atom stereocenters. The predicted octanol–water partition coefficient (Wildman–Crippen LogP) is 3.85. The number of halogens is 1. The lowest BCUT2D eigenvalue weighted by Gasteiger charge is -2.25. The van der Waals surface area contributed by atoms with Crippen LogP contribution in [0.3, 0.4) is 0 Å². The van der Waals surface area contributed by atoms with Crippen molar-refractivity contribution in [2.24, 2.45) is 0 Å². The molecule has 1 aliphatic heterocycles. The first-order valence-electron chi connectivity index (χ1n) is 9.58. The van der Waals surface area contributed by atoms with Crippen molar-refractivity contribution in [2.45, 2.75) is 12.6 Å². The number of methoxy groups -OCH3 is 1. The highest BCUT2D eigenvalue weighted by atomic mass is 19.1. The summed E-state index contributed by atoms with van der Waals surface area (Å²) in [7, 11) is 1.54. The third-order valence-electron chi connectivity index (χ3n) is 5.15. The van der Waals surface area contributed by atoms with Gasteiger partial charge in [0.1, 0.15) is 17.3 Å². The van der Waals surface area contributed by atoms with Gasteiger partial charge in [0.2, 0.25) is 0 Å². The molecule has 1 aromatic heterocycles. The van der Waals surface area contributed by atoms with Crippen LogP contribution in [0.25, 0.3) is 5.76 Å². The van der Waals surface area contributed by atoms with Gasteiger partial charge in [-0.05, 0) is 54.1 Å². The summed E-state index contributed by atoms with van der Waals surface area (Å²) in [6.45, 7) is 0.0856. The van der Waals surface area contributed by atoms with E-state index in [1.165, 1.54) is 36.3 Å². The lowest BCUT2D eigenvalue weighted by Crippen LogP contribution is -2.29. The minimum absolute atomic E-state index is 0.0577. The van der Waals surface area contributed by atoms with Crippen LogP contribution in [0.1, 0.15) is 22.9 Å². The number of benzene rings is 2. The predicted molar refractivity (Wildman–Crippen MR) is 111 cm³/mol. The minimum atomic E-state index is -0.835. The second kappa shape index (κ2) is 8.39. The molecule has 2 aromatic carbocycles. The Morgan fingerprint density at radius 2 is 1.77 bits per heavy atom. The molecule has 0 radical (unpaired) electrons. The van der Waals surface area contributed by atoms with Crippen molar-refractivity contribution in [3.8, 4) is 5.75 Å². The smallest absolute Gasteiger partial charge is 0.296 e. The van der Waals surface area contributed by atoms with Crippen LogP contribution in [0.2, 0.25) is 0 Å². The molecule has 1 fully saturated rings. The molecule has 1 aliphatic rings. The van der Waals surface area contributed by atoms with E-state index in [0.717, 1.165) is 0 Å². The Labute approximate surface area is 178 Å². The van der Waals surface area contributed by atoms with E-state index < -0.39 is 23.5 Å². The molecule has 0 bridgehead atoms. The number of ether oxygens (including phenoxy) is 1. The summed E-state index contributed by atoms with van der Waals surface area (Å²) < 4.78 is 18.5. The zero-order chi connectivity index (χ0) is 22.0. The van der Waals surface area contributed by atoms with Crippen LogP contribution in [-0.2, 0) is 16.1 Å². The number of hydrogen-bond donors (Lipinski definition) is 1. The maximum atomic E-state index is 13.3. The molecule has 3 aromatic rings. The maximum Gasteiger partial charge on any atom is 0.296 e. The standard InChI is InChI=1S/C24H19FN2O4/c1-31-19-11-7-15(8-12-19)21-20(22(28)16-5-9-17(25)10-6-16)23(29)24(30)27(21)14-18-4-2-3-13-26-18/h2-13,21,28H,14H2,1H3/b22-20+. The zero-order valence-electron chi connectivity index (χ0n) is 16.7. The SMILES string of the molecule is COc1ccc(C2/C(=C(\O)c3ccc(F)cc3)C(=O)C(=O)N2Cc2ccccn2)cc1.